The van der Waals surface area contributed by atoms with Crippen LogP contribution in [0.3, 0.4) is 0 Å². The van der Waals surface area contributed by atoms with Gasteiger partial charge in [-0.05, 0) is 56.9 Å². The van der Waals surface area contributed by atoms with Crippen LogP contribution in [0.4, 0.5) is 0 Å². The first-order valence-corrected chi connectivity index (χ1v) is 8.72. The second kappa shape index (κ2) is 6.26. The van der Waals surface area contributed by atoms with Gasteiger partial charge in [0.1, 0.15) is 0 Å². The number of halogens is 1. The second-order valence-corrected chi connectivity index (χ2v) is 6.98. The van der Waals surface area contributed by atoms with E-state index >= 15 is 0 Å². The maximum absolute atomic E-state index is 6.42. The molecule has 0 bridgehead atoms. The van der Waals surface area contributed by atoms with Crippen LogP contribution < -0.4 is 9.47 Å². The van der Waals surface area contributed by atoms with E-state index < -0.39 is 0 Å². The number of nitrogens with zero attached hydrogens (tertiary/aromatic N) is 2. The van der Waals surface area contributed by atoms with Crippen molar-refractivity contribution in [2.45, 2.75) is 38.3 Å². The van der Waals surface area contributed by atoms with Gasteiger partial charge in [-0.25, -0.2) is 0 Å². The standard InChI is InChI=1S/C17H23ClN2O2/c18-15-9-17-16(21-12-22-17)8-13(15)10-19-5-3-4-14(11-19)20-6-1-2-7-20/h8-9,14H,1-7,10-12H2. The minimum Gasteiger partial charge on any atom is -0.454 e. The van der Waals surface area contributed by atoms with Crippen LogP contribution in [-0.4, -0.2) is 48.8 Å². The average Bonchev–Trinajstić information content (AvgIpc) is 3.19. The fraction of sp³-hybridized carbons (Fsp3) is 0.647. The summed E-state index contributed by atoms with van der Waals surface area (Å²) >= 11 is 6.42. The van der Waals surface area contributed by atoms with E-state index in [2.05, 4.69) is 9.80 Å². The first-order valence-electron chi connectivity index (χ1n) is 8.34. The molecule has 2 saturated heterocycles. The summed E-state index contributed by atoms with van der Waals surface area (Å²) < 4.78 is 10.9. The molecule has 4 nitrogen and oxygen atoms in total. The molecule has 22 heavy (non-hydrogen) atoms. The van der Waals surface area contributed by atoms with Crippen LogP contribution in [0.2, 0.25) is 5.02 Å². The van der Waals surface area contributed by atoms with Crippen molar-refractivity contribution < 1.29 is 9.47 Å². The minimum absolute atomic E-state index is 0.301. The van der Waals surface area contributed by atoms with Gasteiger partial charge in [0, 0.05) is 30.2 Å². The Morgan fingerprint density at radius 1 is 1.05 bits per heavy atom. The molecule has 0 aromatic heterocycles. The summed E-state index contributed by atoms with van der Waals surface area (Å²) in [5.74, 6) is 1.59. The molecular weight excluding hydrogens is 300 g/mol. The Bertz CT molecular complexity index is 546. The van der Waals surface area contributed by atoms with Crippen LogP contribution in [-0.2, 0) is 6.54 Å². The smallest absolute Gasteiger partial charge is 0.231 e. The lowest BCUT2D eigenvalue weighted by atomic mass is 10.0. The molecule has 0 amide bonds. The van der Waals surface area contributed by atoms with Crippen LogP contribution >= 0.6 is 11.6 Å². The average molecular weight is 323 g/mol. The van der Waals surface area contributed by atoms with Crippen LogP contribution in [0, 0.1) is 0 Å². The lowest BCUT2D eigenvalue weighted by Gasteiger charge is -2.37. The highest BCUT2D eigenvalue weighted by atomic mass is 35.5. The largest absolute Gasteiger partial charge is 0.454 e. The number of likely N-dealkylation sites (tertiary alicyclic amines) is 2. The number of hydrogen-bond acceptors (Lipinski definition) is 4. The third kappa shape index (κ3) is 2.92. The van der Waals surface area contributed by atoms with Crippen molar-refractivity contribution in [1.29, 1.82) is 0 Å². The van der Waals surface area contributed by atoms with E-state index in [1.165, 1.54) is 38.8 Å². The van der Waals surface area contributed by atoms with Crippen molar-refractivity contribution in [3.63, 3.8) is 0 Å². The molecule has 1 aromatic carbocycles. The summed E-state index contributed by atoms with van der Waals surface area (Å²) in [7, 11) is 0. The number of ether oxygens (including phenoxy) is 2. The summed E-state index contributed by atoms with van der Waals surface area (Å²) in [4.78, 5) is 5.21. The molecule has 0 saturated carbocycles. The third-order valence-electron chi connectivity index (χ3n) is 5.07. The first-order chi connectivity index (χ1) is 10.8. The van der Waals surface area contributed by atoms with Crippen LogP contribution in [0.25, 0.3) is 0 Å². The molecule has 4 rings (SSSR count). The van der Waals surface area contributed by atoms with Crippen LogP contribution in [0.15, 0.2) is 12.1 Å². The Balaban J connectivity index is 1.44. The Hall–Kier alpha value is -0.970. The van der Waals surface area contributed by atoms with Crippen molar-refractivity contribution in [1.82, 2.24) is 9.80 Å². The normalized spacial score (nSPS) is 25.8. The Morgan fingerprint density at radius 2 is 1.82 bits per heavy atom. The molecule has 0 aliphatic carbocycles. The molecule has 3 aliphatic rings. The van der Waals surface area contributed by atoms with E-state index in [1.54, 1.807) is 0 Å². The zero-order chi connectivity index (χ0) is 14.9. The van der Waals surface area contributed by atoms with Gasteiger partial charge >= 0.3 is 0 Å². The second-order valence-electron chi connectivity index (χ2n) is 6.57. The van der Waals surface area contributed by atoms with E-state index in [4.69, 9.17) is 21.1 Å². The molecule has 0 radical (unpaired) electrons. The Morgan fingerprint density at radius 3 is 2.64 bits per heavy atom. The van der Waals surface area contributed by atoms with E-state index in [-0.39, 0.29) is 0 Å². The minimum atomic E-state index is 0.301. The molecule has 1 atom stereocenters. The van der Waals surface area contributed by atoms with Gasteiger partial charge in [-0.3, -0.25) is 9.80 Å². The summed E-state index contributed by atoms with van der Waals surface area (Å²) in [6.07, 6.45) is 5.35. The fourth-order valence-electron chi connectivity index (χ4n) is 3.90. The lowest BCUT2D eigenvalue weighted by molar-refractivity contribution is 0.110. The predicted octanol–water partition coefficient (Wildman–Crippen LogP) is 3.13. The van der Waals surface area contributed by atoms with Crippen molar-refractivity contribution >= 4 is 11.6 Å². The van der Waals surface area contributed by atoms with Gasteiger partial charge < -0.3 is 9.47 Å². The molecule has 0 spiro atoms. The third-order valence-corrected chi connectivity index (χ3v) is 5.43. The maximum atomic E-state index is 6.42. The highest BCUT2D eigenvalue weighted by Crippen LogP contribution is 2.37. The SMILES string of the molecule is Clc1cc2c(cc1CN1CCCC(N3CCCC3)C1)OCO2. The van der Waals surface area contributed by atoms with Crippen molar-refractivity contribution in [3.8, 4) is 11.5 Å². The lowest BCUT2D eigenvalue weighted by Crippen LogP contribution is -2.46. The molecule has 5 heteroatoms. The topological polar surface area (TPSA) is 24.9 Å². The van der Waals surface area contributed by atoms with Gasteiger partial charge in [-0.2, -0.15) is 0 Å². The van der Waals surface area contributed by atoms with Crippen molar-refractivity contribution in [2.24, 2.45) is 0 Å². The van der Waals surface area contributed by atoms with Gasteiger partial charge in [0.05, 0.1) is 0 Å². The fourth-order valence-corrected chi connectivity index (χ4v) is 4.11. The van der Waals surface area contributed by atoms with Crippen LogP contribution in [0.5, 0.6) is 11.5 Å². The summed E-state index contributed by atoms with van der Waals surface area (Å²) in [5, 5.41) is 0.785. The maximum Gasteiger partial charge on any atom is 0.231 e. The Kier molecular flexibility index (Phi) is 4.16. The molecule has 1 unspecified atom stereocenters. The van der Waals surface area contributed by atoms with Crippen molar-refractivity contribution in [2.75, 3.05) is 33.0 Å². The van der Waals surface area contributed by atoms with Gasteiger partial charge in [0.25, 0.3) is 0 Å². The van der Waals surface area contributed by atoms with Crippen molar-refractivity contribution in [3.05, 3.63) is 22.7 Å². The summed E-state index contributed by atoms with van der Waals surface area (Å²) in [6.45, 7) is 6.09. The molecule has 3 heterocycles. The Labute approximate surface area is 136 Å². The zero-order valence-corrected chi connectivity index (χ0v) is 13.6. The number of benzene rings is 1. The molecule has 120 valence electrons. The number of rotatable bonds is 3. The number of hydrogen-bond donors (Lipinski definition) is 0. The van der Waals surface area contributed by atoms with Gasteiger partial charge in [-0.15, -0.1) is 0 Å². The van der Waals surface area contributed by atoms with E-state index in [1.807, 2.05) is 12.1 Å². The summed E-state index contributed by atoms with van der Waals surface area (Å²) in [5.41, 5.74) is 1.15. The van der Waals surface area contributed by atoms with E-state index in [0.29, 0.717) is 6.79 Å². The van der Waals surface area contributed by atoms with Gasteiger partial charge in [0.2, 0.25) is 6.79 Å². The highest BCUT2D eigenvalue weighted by Gasteiger charge is 2.27. The first kappa shape index (κ1) is 14.6. The molecule has 3 aliphatic heterocycles. The van der Waals surface area contributed by atoms with Gasteiger partial charge in [0.15, 0.2) is 11.5 Å². The van der Waals surface area contributed by atoms with Crippen LogP contribution in [0.1, 0.15) is 31.2 Å². The molecule has 2 fully saturated rings. The molecule has 1 aromatic rings. The summed E-state index contributed by atoms with van der Waals surface area (Å²) in [6, 6.07) is 4.66. The van der Waals surface area contributed by atoms with E-state index in [0.717, 1.165) is 47.8 Å². The molecular formula is C17H23ClN2O2. The quantitative estimate of drug-likeness (QED) is 0.853. The zero-order valence-electron chi connectivity index (χ0n) is 12.9. The monoisotopic (exact) mass is 322 g/mol. The number of fused-ring (bicyclic) bond motifs is 1. The molecule has 0 N–H and O–H groups in total. The van der Waals surface area contributed by atoms with E-state index in [9.17, 15) is 0 Å². The highest BCUT2D eigenvalue weighted by molar-refractivity contribution is 6.31. The number of piperidine rings is 1. The predicted molar refractivity (Wildman–Crippen MR) is 86.7 cm³/mol. The van der Waals surface area contributed by atoms with Gasteiger partial charge in [-0.1, -0.05) is 11.6 Å².